The first-order valence-electron chi connectivity index (χ1n) is 10.1. The van der Waals surface area contributed by atoms with E-state index < -0.39 is 0 Å². The lowest BCUT2D eigenvalue weighted by Crippen LogP contribution is -2.47. The molecule has 0 radical (unpaired) electrons. The Labute approximate surface area is 160 Å². The third-order valence-corrected chi connectivity index (χ3v) is 6.34. The Morgan fingerprint density at radius 2 is 2.11 bits per heavy atom. The Balaban J connectivity index is 1.33. The Hall–Kier alpha value is -1.98. The van der Waals surface area contributed by atoms with Crippen molar-refractivity contribution < 1.29 is 9.53 Å². The molecule has 0 spiro atoms. The number of carbonyl (C=O) groups is 1. The molecule has 5 nitrogen and oxygen atoms in total. The number of carbonyl (C=O) groups excluding carboxylic acids is 1. The Morgan fingerprint density at radius 3 is 2.93 bits per heavy atom. The number of aromatic nitrogens is 1. The number of morpholine rings is 1. The minimum absolute atomic E-state index is 0.0145. The number of nitrogens with zero attached hydrogens (tertiary/aromatic N) is 2. The quantitative estimate of drug-likeness (QED) is 0.909. The molecule has 1 N–H and O–H groups in total. The summed E-state index contributed by atoms with van der Waals surface area (Å²) >= 11 is 0. The molecule has 2 saturated heterocycles. The van der Waals surface area contributed by atoms with E-state index in [4.69, 9.17) is 4.74 Å². The van der Waals surface area contributed by atoms with E-state index >= 15 is 0 Å². The van der Waals surface area contributed by atoms with Crippen molar-refractivity contribution in [2.75, 3.05) is 19.7 Å². The highest BCUT2D eigenvalue weighted by Crippen LogP contribution is 2.38. The fraction of sp³-hybridized carbons (Fsp3) is 0.545. The summed E-state index contributed by atoms with van der Waals surface area (Å²) in [4.78, 5) is 20.2. The van der Waals surface area contributed by atoms with Crippen molar-refractivity contribution in [2.45, 2.75) is 51.3 Å². The molecule has 1 aromatic heterocycles. The number of hydrogen-bond acceptors (Lipinski definition) is 4. The van der Waals surface area contributed by atoms with E-state index in [0.717, 1.165) is 59.8 Å². The first kappa shape index (κ1) is 17.1. The van der Waals surface area contributed by atoms with Gasteiger partial charge in [-0.25, -0.2) is 0 Å². The van der Waals surface area contributed by atoms with E-state index in [0.29, 0.717) is 12.1 Å². The predicted octanol–water partition coefficient (Wildman–Crippen LogP) is 2.83. The summed E-state index contributed by atoms with van der Waals surface area (Å²) < 4.78 is 6.08. The molecule has 2 aromatic rings. The molecule has 1 amide bonds. The van der Waals surface area contributed by atoms with Crippen LogP contribution in [-0.4, -0.2) is 53.7 Å². The molecule has 27 heavy (non-hydrogen) atoms. The van der Waals surface area contributed by atoms with E-state index in [1.165, 1.54) is 12.8 Å². The Morgan fingerprint density at radius 1 is 1.26 bits per heavy atom. The highest BCUT2D eigenvalue weighted by atomic mass is 16.5. The number of ether oxygens (including phenoxy) is 1. The standard InChI is InChI=1S/C22H27N3O2/c1-13-4-3-5-18-19(8-14(2)23-21(13)18)22(26)24-16-9-17-12-27-20(15-6-7-15)11-25(17)10-16/h3-5,8,15-17,20H,6-7,9-12H2,1-2H3,(H,24,26)/t16-,17-,20+/m0/s1. The molecule has 1 aliphatic carbocycles. The summed E-state index contributed by atoms with van der Waals surface area (Å²) in [5, 5.41) is 4.22. The molecule has 5 heteroatoms. The molecule has 1 aromatic carbocycles. The lowest BCUT2D eigenvalue weighted by Gasteiger charge is -2.35. The monoisotopic (exact) mass is 365 g/mol. The molecule has 3 atom stereocenters. The van der Waals surface area contributed by atoms with Gasteiger partial charge in [0.15, 0.2) is 0 Å². The van der Waals surface area contributed by atoms with Crippen molar-refractivity contribution in [1.82, 2.24) is 15.2 Å². The fourth-order valence-electron chi connectivity index (χ4n) is 4.73. The van der Waals surface area contributed by atoms with Crippen LogP contribution in [0, 0.1) is 19.8 Å². The van der Waals surface area contributed by atoms with Gasteiger partial charge in [-0.05, 0) is 50.7 Å². The number of benzene rings is 1. The van der Waals surface area contributed by atoms with E-state index in [-0.39, 0.29) is 11.9 Å². The fourth-order valence-corrected chi connectivity index (χ4v) is 4.73. The maximum atomic E-state index is 13.1. The van der Waals surface area contributed by atoms with Crippen molar-refractivity contribution in [3.63, 3.8) is 0 Å². The number of para-hydroxylation sites is 1. The summed E-state index contributed by atoms with van der Waals surface area (Å²) in [5.41, 5.74) is 3.64. The van der Waals surface area contributed by atoms with Gasteiger partial charge in [-0.1, -0.05) is 18.2 Å². The average molecular weight is 365 g/mol. The van der Waals surface area contributed by atoms with Gasteiger partial charge in [0.05, 0.1) is 23.8 Å². The van der Waals surface area contributed by atoms with E-state index in [1.54, 1.807) is 0 Å². The van der Waals surface area contributed by atoms with Crippen molar-refractivity contribution in [3.05, 3.63) is 41.1 Å². The molecular weight excluding hydrogens is 338 g/mol. The first-order valence-corrected chi connectivity index (χ1v) is 10.1. The largest absolute Gasteiger partial charge is 0.375 e. The summed E-state index contributed by atoms with van der Waals surface area (Å²) in [7, 11) is 0. The minimum atomic E-state index is 0.0145. The van der Waals surface area contributed by atoms with Gasteiger partial charge in [0.1, 0.15) is 0 Å². The van der Waals surface area contributed by atoms with Crippen molar-refractivity contribution in [2.24, 2.45) is 5.92 Å². The Bertz CT molecular complexity index is 893. The molecule has 0 bridgehead atoms. The number of hydrogen-bond donors (Lipinski definition) is 1. The SMILES string of the molecule is Cc1cc(C(=O)N[C@H]2C[C@H]3CO[C@@H](C4CC4)CN3C2)c2cccc(C)c2n1. The molecule has 5 rings (SSSR count). The van der Waals surface area contributed by atoms with Crippen LogP contribution in [0.5, 0.6) is 0 Å². The van der Waals surface area contributed by atoms with Gasteiger partial charge in [-0.15, -0.1) is 0 Å². The summed E-state index contributed by atoms with van der Waals surface area (Å²) in [6.45, 7) is 6.77. The number of nitrogens with one attached hydrogen (secondary N) is 1. The highest BCUT2D eigenvalue weighted by molar-refractivity contribution is 6.06. The summed E-state index contributed by atoms with van der Waals surface area (Å²) in [6, 6.07) is 8.58. The van der Waals surface area contributed by atoms with Crippen LogP contribution in [0.3, 0.4) is 0 Å². The van der Waals surface area contributed by atoms with E-state index in [9.17, 15) is 4.79 Å². The van der Waals surface area contributed by atoms with Gasteiger partial charge in [0, 0.05) is 36.3 Å². The van der Waals surface area contributed by atoms with Gasteiger partial charge >= 0.3 is 0 Å². The zero-order valence-corrected chi connectivity index (χ0v) is 16.1. The van der Waals surface area contributed by atoms with Crippen LogP contribution in [0.2, 0.25) is 0 Å². The molecule has 2 aliphatic heterocycles. The smallest absolute Gasteiger partial charge is 0.252 e. The van der Waals surface area contributed by atoms with E-state index in [2.05, 4.69) is 15.2 Å². The maximum absolute atomic E-state index is 13.1. The Kier molecular flexibility index (Phi) is 4.17. The van der Waals surface area contributed by atoms with Gasteiger partial charge < -0.3 is 10.1 Å². The van der Waals surface area contributed by atoms with Crippen LogP contribution in [-0.2, 0) is 4.74 Å². The second-order valence-electron chi connectivity index (χ2n) is 8.51. The second-order valence-corrected chi connectivity index (χ2v) is 8.51. The zero-order valence-electron chi connectivity index (χ0n) is 16.1. The van der Waals surface area contributed by atoms with Crippen LogP contribution in [0.15, 0.2) is 24.3 Å². The topological polar surface area (TPSA) is 54.5 Å². The molecule has 3 heterocycles. The zero-order chi connectivity index (χ0) is 18.5. The highest BCUT2D eigenvalue weighted by Gasteiger charge is 2.42. The minimum Gasteiger partial charge on any atom is -0.375 e. The summed E-state index contributed by atoms with van der Waals surface area (Å²) in [6.07, 6.45) is 4.02. The number of rotatable bonds is 3. The predicted molar refractivity (Wildman–Crippen MR) is 105 cm³/mol. The van der Waals surface area contributed by atoms with Gasteiger partial charge in [-0.2, -0.15) is 0 Å². The van der Waals surface area contributed by atoms with E-state index in [1.807, 2.05) is 38.1 Å². The lowest BCUT2D eigenvalue weighted by molar-refractivity contribution is -0.0581. The van der Waals surface area contributed by atoms with Crippen LogP contribution in [0.1, 0.15) is 40.9 Å². The van der Waals surface area contributed by atoms with Crippen LogP contribution < -0.4 is 5.32 Å². The molecular formula is C22H27N3O2. The normalized spacial score (nSPS) is 28.3. The van der Waals surface area contributed by atoms with Gasteiger partial charge in [-0.3, -0.25) is 14.7 Å². The van der Waals surface area contributed by atoms with Crippen molar-refractivity contribution >= 4 is 16.8 Å². The molecule has 0 unspecified atom stereocenters. The number of pyridine rings is 1. The average Bonchev–Trinajstić information content (AvgIpc) is 3.42. The number of aryl methyl sites for hydroxylation is 2. The van der Waals surface area contributed by atoms with Gasteiger partial charge in [0.2, 0.25) is 0 Å². The van der Waals surface area contributed by atoms with Crippen molar-refractivity contribution in [3.8, 4) is 0 Å². The van der Waals surface area contributed by atoms with Crippen molar-refractivity contribution in [1.29, 1.82) is 0 Å². The first-order chi connectivity index (χ1) is 13.1. The maximum Gasteiger partial charge on any atom is 0.252 e. The number of fused-ring (bicyclic) bond motifs is 2. The molecule has 1 saturated carbocycles. The van der Waals surface area contributed by atoms with Crippen LogP contribution in [0.4, 0.5) is 0 Å². The molecule has 3 fully saturated rings. The lowest BCUT2D eigenvalue weighted by atomic mass is 10.0. The molecule has 142 valence electrons. The van der Waals surface area contributed by atoms with Crippen LogP contribution >= 0.6 is 0 Å². The molecule has 3 aliphatic rings. The second kappa shape index (κ2) is 6.57. The third kappa shape index (κ3) is 3.23. The third-order valence-electron chi connectivity index (χ3n) is 6.34. The summed E-state index contributed by atoms with van der Waals surface area (Å²) in [5.74, 6) is 0.787. The van der Waals surface area contributed by atoms with Crippen LogP contribution in [0.25, 0.3) is 10.9 Å². The number of amides is 1. The van der Waals surface area contributed by atoms with Gasteiger partial charge in [0.25, 0.3) is 5.91 Å².